The summed E-state index contributed by atoms with van der Waals surface area (Å²) in [5, 5.41) is 5.96. The first-order chi connectivity index (χ1) is 8.66. The van der Waals surface area contributed by atoms with Crippen molar-refractivity contribution in [1.29, 1.82) is 0 Å². The summed E-state index contributed by atoms with van der Waals surface area (Å²) >= 11 is 3.77. The summed E-state index contributed by atoms with van der Waals surface area (Å²) in [4.78, 5) is 12.8. The number of thiophene rings is 1. The third-order valence-electron chi connectivity index (χ3n) is 2.34. The fourth-order valence-electron chi connectivity index (χ4n) is 1.36. The fourth-order valence-corrected chi connectivity index (χ4v) is 2.69. The minimum Gasteiger partial charge on any atom is -0.267 e. The number of carbonyl (C=O) groups excluding carboxylic acids is 1. The highest BCUT2D eigenvalue weighted by Gasteiger charge is 2.03. The van der Waals surface area contributed by atoms with Crippen molar-refractivity contribution in [3.63, 3.8) is 0 Å². The first kappa shape index (κ1) is 13.2. The second-order valence-electron chi connectivity index (χ2n) is 3.68. The molecule has 0 saturated heterocycles. The number of rotatable bonds is 3. The molecule has 1 N–H and O–H groups in total. The van der Waals surface area contributed by atoms with Crippen molar-refractivity contribution in [2.45, 2.75) is 6.92 Å². The number of aryl methyl sites for hydroxylation is 1. The maximum Gasteiger partial charge on any atom is 0.271 e. The van der Waals surface area contributed by atoms with Crippen LogP contribution in [-0.4, -0.2) is 12.1 Å². The van der Waals surface area contributed by atoms with E-state index in [4.69, 9.17) is 0 Å². The summed E-state index contributed by atoms with van der Waals surface area (Å²) in [6, 6.07) is 9.40. The van der Waals surface area contributed by atoms with Gasteiger partial charge in [0.1, 0.15) is 0 Å². The Balaban J connectivity index is 2.01. The fraction of sp³-hybridized carbons (Fsp3) is 0.0769. The molecule has 2 aromatic rings. The van der Waals surface area contributed by atoms with Gasteiger partial charge in [0.25, 0.3) is 5.91 Å². The number of hydrogen-bond donors (Lipinski definition) is 1. The SMILES string of the molecule is Cc1ccsc1C=NNC(=O)c1cccc(I)c1. The van der Waals surface area contributed by atoms with E-state index in [1.54, 1.807) is 23.6 Å². The molecule has 0 unspecified atom stereocenters. The van der Waals surface area contributed by atoms with Crippen LogP contribution in [0.1, 0.15) is 20.8 Å². The summed E-state index contributed by atoms with van der Waals surface area (Å²) in [6.45, 7) is 2.01. The van der Waals surface area contributed by atoms with Gasteiger partial charge in [0.2, 0.25) is 0 Å². The smallest absolute Gasteiger partial charge is 0.267 e. The lowest BCUT2D eigenvalue weighted by Crippen LogP contribution is -2.17. The number of hydrogen-bond acceptors (Lipinski definition) is 3. The lowest BCUT2D eigenvalue weighted by Gasteiger charge is -1.99. The monoisotopic (exact) mass is 370 g/mol. The van der Waals surface area contributed by atoms with E-state index in [1.807, 2.05) is 36.6 Å². The van der Waals surface area contributed by atoms with Crippen LogP contribution in [0.25, 0.3) is 0 Å². The Morgan fingerprint density at radius 1 is 1.44 bits per heavy atom. The van der Waals surface area contributed by atoms with Crippen LogP contribution in [0.4, 0.5) is 0 Å². The highest BCUT2D eigenvalue weighted by molar-refractivity contribution is 14.1. The highest BCUT2D eigenvalue weighted by Crippen LogP contribution is 2.12. The Labute approximate surface area is 123 Å². The molecule has 0 aliphatic rings. The molecule has 1 aromatic carbocycles. The average molecular weight is 370 g/mol. The number of halogens is 1. The van der Waals surface area contributed by atoms with Gasteiger partial charge in [0.15, 0.2) is 0 Å². The molecule has 0 saturated carbocycles. The summed E-state index contributed by atoms with van der Waals surface area (Å²) in [5.74, 6) is -0.195. The zero-order valence-corrected chi connectivity index (χ0v) is 12.7. The van der Waals surface area contributed by atoms with Crippen LogP contribution in [0.15, 0.2) is 40.8 Å². The van der Waals surface area contributed by atoms with Crippen molar-refractivity contribution < 1.29 is 4.79 Å². The molecule has 0 spiro atoms. The van der Waals surface area contributed by atoms with Crippen LogP contribution in [-0.2, 0) is 0 Å². The van der Waals surface area contributed by atoms with E-state index in [0.29, 0.717) is 5.56 Å². The van der Waals surface area contributed by atoms with E-state index in [0.717, 1.165) is 14.0 Å². The molecule has 3 nitrogen and oxygen atoms in total. The molecular formula is C13H11IN2OS. The maximum absolute atomic E-state index is 11.8. The third-order valence-corrected chi connectivity index (χ3v) is 3.96. The van der Waals surface area contributed by atoms with Crippen LogP contribution in [0.2, 0.25) is 0 Å². The van der Waals surface area contributed by atoms with Crippen LogP contribution in [0.5, 0.6) is 0 Å². The second kappa shape index (κ2) is 6.10. The van der Waals surface area contributed by atoms with E-state index in [2.05, 4.69) is 33.1 Å². The van der Waals surface area contributed by atoms with Gasteiger partial charge in [-0.15, -0.1) is 11.3 Å². The van der Waals surface area contributed by atoms with Crippen molar-refractivity contribution in [2.24, 2.45) is 5.10 Å². The summed E-state index contributed by atoms with van der Waals surface area (Å²) in [5.41, 5.74) is 4.30. The standard InChI is InChI=1S/C13H11IN2OS/c1-9-5-6-18-12(9)8-15-16-13(17)10-3-2-4-11(14)7-10/h2-8H,1H3,(H,16,17). The zero-order chi connectivity index (χ0) is 13.0. The molecule has 0 radical (unpaired) electrons. The van der Waals surface area contributed by atoms with Crippen LogP contribution >= 0.6 is 33.9 Å². The van der Waals surface area contributed by atoms with Crippen LogP contribution in [0, 0.1) is 10.5 Å². The van der Waals surface area contributed by atoms with Crippen molar-refractivity contribution in [3.8, 4) is 0 Å². The van der Waals surface area contributed by atoms with Gasteiger partial charge in [0.05, 0.1) is 6.21 Å². The molecule has 0 bridgehead atoms. The summed E-state index contributed by atoms with van der Waals surface area (Å²) in [6.07, 6.45) is 1.67. The molecule has 0 aliphatic heterocycles. The quantitative estimate of drug-likeness (QED) is 0.502. The minimum absolute atomic E-state index is 0.195. The number of benzene rings is 1. The molecule has 2 rings (SSSR count). The van der Waals surface area contributed by atoms with Crippen LogP contribution in [0.3, 0.4) is 0 Å². The molecule has 5 heteroatoms. The molecule has 1 heterocycles. The van der Waals surface area contributed by atoms with Gasteiger partial charge in [-0.05, 0) is 64.7 Å². The molecule has 18 heavy (non-hydrogen) atoms. The number of nitrogens with zero attached hydrogens (tertiary/aromatic N) is 1. The molecule has 92 valence electrons. The highest BCUT2D eigenvalue weighted by atomic mass is 127. The normalized spacial score (nSPS) is 10.8. The van der Waals surface area contributed by atoms with Gasteiger partial charge in [0, 0.05) is 14.0 Å². The number of carbonyl (C=O) groups is 1. The predicted molar refractivity (Wildman–Crippen MR) is 83.3 cm³/mol. The minimum atomic E-state index is -0.195. The van der Waals surface area contributed by atoms with Gasteiger partial charge in [-0.3, -0.25) is 4.79 Å². The number of amides is 1. The van der Waals surface area contributed by atoms with Gasteiger partial charge >= 0.3 is 0 Å². The molecule has 0 aliphatic carbocycles. The number of nitrogens with one attached hydrogen (secondary N) is 1. The van der Waals surface area contributed by atoms with Crippen molar-refractivity contribution >= 4 is 46.0 Å². The van der Waals surface area contributed by atoms with Crippen molar-refractivity contribution in [1.82, 2.24) is 5.43 Å². The molecular weight excluding hydrogens is 359 g/mol. The third kappa shape index (κ3) is 3.39. The average Bonchev–Trinajstić information content (AvgIpc) is 2.75. The molecule has 0 fully saturated rings. The maximum atomic E-state index is 11.8. The summed E-state index contributed by atoms with van der Waals surface area (Å²) in [7, 11) is 0. The van der Waals surface area contributed by atoms with E-state index in [-0.39, 0.29) is 5.91 Å². The Kier molecular flexibility index (Phi) is 4.48. The lowest BCUT2D eigenvalue weighted by atomic mass is 10.2. The molecule has 0 atom stereocenters. The molecule has 1 aromatic heterocycles. The predicted octanol–water partition coefficient (Wildman–Crippen LogP) is 3.43. The Morgan fingerprint density at radius 3 is 2.94 bits per heavy atom. The zero-order valence-electron chi connectivity index (χ0n) is 9.68. The summed E-state index contributed by atoms with van der Waals surface area (Å²) < 4.78 is 1.03. The Bertz CT molecular complexity index is 592. The topological polar surface area (TPSA) is 41.5 Å². The first-order valence-corrected chi connectivity index (χ1v) is 7.26. The van der Waals surface area contributed by atoms with E-state index >= 15 is 0 Å². The van der Waals surface area contributed by atoms with E-state index < -0.39 is 0 Å². The molecule has 1 amide bonds. The van der Waals surface area contributed by atoms with Gasteiger partial charge in [-0.25, -0.2) is 5.43 Å². The van der Waals surface area contributed by atoms with Gasteiger partial charge in [-0.1, -0.05) is 6.07 Å². The Morgan fingerprint density at radius 2 is 2.28 bits per heavy atom. The van der Waals surface area contributed by atoms with Crippen molar-refractivity contribution in [2.75, 3.05) is 0 Å². The lowest BCUT2D eigenvalue weighted by molar-refractivity contribution is 0.0955. The van der Waals surface area contributed by atoms with E-state index in [1.165, 1.54) is 0 Å². The first-order valence-electron chi connectivity index (χ1n) is 5.30. The van der Waals surface area contributed by atoms with Crippen molar-refractivity contribution in [3.05, 3.63) is 55.3 Å². The van der Waals surface area contributed by atoms with Crippen LogP contribution < -0.4 is 5.43 Å². The van der Waals surface area contributed by atoms with Gasteiger partial charge < -0.3 is 0 Å². The Hall–Kier alpha value is -1.21. The largest absolute Gasteiger partial charge is 0.271 e. The number of hydrazone groups is 1. The second-order valence-corrected chi connectivity index (χ2v) is 5.87. The van der Waals surface area contributed by atoms with Gasteiger partial charge in [-0.2, -0.15) is 5.10 Å². The van der Waals surface area contributed by atoms with E-state index in [9.17, 15) is 4.79 Å².